The number of anilines is 1. The molecule has 2 amide bonds. The smallest absolute Gasteiger partial charge is 0.227 e. The van der Waals surface area contributed by atoms with Gasteiger partial charge in [0.05, 0.1) is 18.5 Å². The minimum atomic E-state index is -0.127. The predicted octanol–water partition coefficient (Wildman–Crippen LogP) is 2.77. The molecule has 0 radical (unpaired) electrons. The monoisotopic (exact) mass is 359 g/mol. The van der Waals surface area contributed by atoms with Crippen molar-refractivity contribution in [1.29, 1.82) is 0 Å². The van der Waals surface area contributed by atoms with Crippen molar-refractivity contribution in [3.05, 3.63) is 24.0 Å². The first-order valence-electron chi connectivity index (χ1n) is 9.79. The quantitative estimate of drug-likeness (QED) is 0.728. The van der Waals surface area contributed by atoms with Gasteiger partial charge in [0.15, 0.2) is 0 Å². The number of carbonyl (C=O) groups excluding carboxylic acids is 2. The fourth-order valence-corrected chi connectivity index (χ4v) is 4.17. The zero-order valence-corrected chi connectivity index (χ0v) is 15.2. The SMILES string of the molecule is O=C(CC1CCCC1)NC1CCC(C(=O)Nc2cnccc2CO)CC1. The van der Waals surface area contributed by atoms with Gasteiger partial charge in [0.2, 0.25) is 11.8 Å². The summed E-state index contributed by atoms with van der Waals surface area (Å²) < 4.78 is 0. The van der Waals surface area contributed by atoms with Crippen molar-refractivity contribution in [2.45, 2.75) is 70.4 Å². The third-order valence-electron chi connectivity index (χ3n) is 5.75. The molecule has 0 atom stereocenters. The molecule has 3 rings (SSSR count). The van der Waals surface area contributed by atoms with E-state index in [2.05, 4.69) is 15.6 Å². The molecule has 0 aliphatic heterocycles. The number of nitrogens with zero attached hydrogens (tertiary/aromatic N) is 1. The Morgan fingerprint density at radius 1 is 1.12 bits per heavy atom. The average Bonchev–Trinajstić information content (AvgIpc) is 3.15. The van der Waals surface area contributed by atoms with Crippen LogP contribution < -0.4 is 10.6 Å². The predicted molar refractivity (Wildman–Crippen MR) is 99.3 cm³/mol. The molecule has 2 fully saturated rings. The van der Waals surface area contributed by atoms with Crippen molar-refractivity contribution in [2.24, 2.45) is 11.8 Å². The van der Waals surface area contributed by atoms with E-state index in [1.54, 1.807) is 18.5 Å². The van der Waals surface area contributed by atoms with Crippen molar-refractivity contribution >= 4 is 17.5 Å². The summed E-state index contributed by atoms with van der Waals surface area (Å²) in [5, 5.41) is 15.4. The summed E-state index contributed by atoms with van der Waals surface area (Å²) in [5.41, 5.74) is 1.24. The van der Waals surface area contributed by atoms with Crippen LogP contribution >= 0.6 is 0 Å². The molecule has 2 saturated carbocycles. The zero-order chi connectivity index (χ0) is 18.4. The minimum absolute atomic E-state index is 0.0246. The van der Waals surface area contributed by atoms with E-state index in [1.165, 1.54) is 25.7 Å². The molecule has 1 aromatic rings. The Bertz CT molecular complexity index is 620. The minimum Gasteiger partial charge on any atom is -0.392 e. The summed E-state index contributed by atoms with van der Waals surface area (Å²) in [7, 11) is 0. The third-order valence-corrected chi connectivity index (χ3v) is 5.75. The van der Waals surface area contributed by atoms with Crippen molar-refractivity contribution in [3.8, 4) is 0 Å². The van der Waals surface area contributed by atoms with Crippen LogP contribution in [0.1, 0.15) is 63.4 Å². The van der Waals surface area contributed by atoms with Gasteiger partial charge in [0.25, 0.3) is 0 Å². The van der Waals surface area contributed by atoms with E-state index in [0.29, 0.717) is 23.6 Å². The Hall–Kier alpha value is -1.95. The van der Waals surface area contributed by atoms with E-state index in [-0.39, 0.29) is 30.4 Å². The van der Waals surface area contributed by atoms with Crippen molar-refractivity contribution in [3.63, 3.8) is 0 Å². The van der Waals surface area contributed by atoms with Crippen LogP contribution in [0.3, 0.4) is 0 Å². The van der Waals surface area contributed by atoms with Crippen LogP contribution in [0.4, 0.5) is 5.69 Å². The second-order valence-corrected chi connectivity index (χ2v) is 7.65. The van der Waals surface area contributed by atoms with Crippen molar-refractivity contribution < 1.29 is 14.7 Å². The largest absolute Gasteiger partial charge is 0.392 e. The molecule has 3 N–H and O–H groups in total. The van der Waals surface area contributed by atoms with Gasteiger partial charge in [0.1, 0.15) is 0 Å². The number of aliphatic hydroxyl groups excluding tert-OH is 1. The molecular formula is C20H29N3O3. The highest BCUT2D eigenvalue weighted by atomic mass is 16.3. The van der Waals surface area contributed by atoms with Gasteiger partial charge in [-0.05, 0) is 50.5 Å². The molecule has 1 heterocycles. The fourth-order valence-electron chi connectivity index (χ4n) is 4.17. The molecule has 6 nitrogen and oxygen atoms in total. The lowest BCUT2D eigenvalue weighted by Crippen LogP contribution is -2.40. The highest BCUT2D eigenvalue weighted by Gasteiger charge is 2.28. The Labute approximate surface area is 154 Å². The number of aromatic nitrogens is 1. The van der Waals surface area contributed by atoms with Gasteiger partial charge in [0, 0.05) is 30.1 Å². The number of amides is 2. The van der Waals surface area contributed by atoms with E-state index >= 15 is 0 Å². The van der Waals surface area contributed by atoms with Crippen molar-refractivity contribution in [2.75, 3.05) is 5.32 Å². The molecule has 6 heteroatoms. The topological polar surface area (TPSA) is 91.3 Å². The summed E-state index contributed by atoms with van der Waals surface area (Å²) >= 11 is 0. The number of hydrogen-bond donors (Lipinski definition) is 3. The number of pyridine rings is 1. The molecule has 2 aliphatic carbocycles. The maximum Gasteiger partial charge on any atom is 0.227 e. The summed E-state index contributed by atoms with van der Waals surface area (Å²) in [6, 6.07) is 1.89. The molecule has 142 valence electrons. The van der Waals surface area contributed by atoms with E-state index in [0.717, 1.165) is 25.7 Å². The normalized spacial score (nSPS) is 23.6. The zero-order valence-electron chi connectivity index (χ0n) is 15.2. The summed E-state index contributed by atoms with van der Waals surface area (Å²) in [6.45, 7) is -0.127. The lowest BCUT2D eigenvalue weighted by molar-refractivity contribution is -0.123. The van der Waals surface area contributed by atoms with Crippen LogP contribution in [0.25, 0.3) is 0 Å². The van der Waals surface area contributed by atoms with Crippen molar-refractivity contribution in [1.82, 2.24) is 10.3 Å². The molecular weight excluding hydrogens is 330 g/mol. The second kappa shape index (κ2) is 9.12. The Morgan fingerprint density at radius 2 is 1.85 bits per heavy atom. The van der Waals surface area contributed by atoms with Gasteiger partial charge in [-0.1, -0.05) is 12.8 Å². The van der Waals surface area contributed by atoms with E-state index in [1.807, 2.05) is 0 Å². The molecule has 0 saturated heterocycles. The number of nitrogens with one attached hydrogen (secondary N) is 2. The highest BCUT2D eigenvalue weighted by molar-refractivity contribution is 5.93. The molecule has 1 aromatic heterocycles. The lowest BCUT2D eigenvalue weighted by Gasteiger charge is -2.29. The number of hydrogen-bond acceptors (Lipinski definition) is 4. The molecule has 0 unspecified atom stereocenters. The van der Waals surface area contributed by atoms with Gasteiger partial charge in [-0.15, -0.1) is 0 Å². The van der Waals surface area contributed by atoms with Gasteiger partial charge < -0.3 is 15.7 Å². The molecule has 0 bridgehead atoms. The van der Waals surface area contributed by atoms with E-state index < -0.39 is 0 Å². The van der Waals surface area contributed by atoms with Crippen LogP contribution in [-0.2, 0) is 16.2 Å². The maximum atomic E-state index is 12.5. The van der Waals surface area contributed by atoms with Gasteiger partial charge in [-0.25, -0.2) is 0 Å². The summed E-state index contributed by atoms with van der Waals surface area (Å²) in [6.07, 6.45) is 11.9. The number of aliphatic hydroxyl groups is 1. The molecule has 2 aliphatic rings. The third kappa shape index (κ3) is 5.04. The van der Waals surface area contributed by atoms with Crippen LogP contribution in [0.5, 0.6) is 0 Å². The first-order chi connectivity index (χ1) is 12.7. The fraction of sp³-hybridized carbons (Fsp3) is 0.650. The Morgan fingerprint density at radius 3 is 2.54 bits per heavy atom. The Balaban J connectivity index is 1.42. The lowest BCUT2D eigenvalue weighted by atomic mass is 9.85. The van der Waals surface area contributed by atoms with Gasteiger partial charge in [-0.3, -0.25) is 14.6 Å². The van der Waals surface area contributed by atoms with E-state index in [4.69, 9.17) is 0 Å². The number of carbonyl (C=O) groups is 2. The molecule has 0 aromatic carbocycles. The van der Waals surface area contributed by atoms with Crippen LogP contribution in [-0.4, -0.2) is 27.9 Å². The summed E-state index contributed by atoms with van der Waals surface area (Å²) in [5.74, 6) is 0.665. The second-order valence-electron chi connectivity index (χ2n) is 7.65. The van der Waals surface area contributed by atoms with Crippen LogP contribution in [0, 0.1) is 11.8 Å². The molecule has 0 spiro atoms. The standard InChI is InChI=1S/C20H29N3O3/c24-13-16-9-10-21-12-18(16)23-20(26)15-5-7-17(8-6-15)22-19(25)11-14-3-1-2-4-14/h9-10,12,14-15,17,24H,1-8,11,13H2,(H,22,25)(H,23,26). The van der Waals surface area contributed by atoms with Gasteiger partial charge in [-0.2, -0.15) is 0 Å². The van der Waals surface area contributed by atoms with E-state index in [9.17, 15) is 14.7 Å². The Kier molecular flexibility index (Phi) is 6.61. The van der Waals surface area contributed by atoms with Crippen LogP contribution in [0.2, 0.25) is 0 Å². The van der Waals surface area contributed by atoms with Crippen LogP contribution in [0.15, 0.2) is 18.5 Å². The molecule has 26 heavy (non-hydrogen) atoms. The first kappa shape index (κ1) is 18.8. The highest BCUT2D eigenvalue weighted by Crippen LogP contribution is 2.29. The number of rotatable bonds is 6. The van der Waals surface area contributed by atoms with Gasteiger partial charge >= 0.3 is 0 Å². The maximum absolute atomic E-state index is 12.5. The first-order valence-corrected chi connectivity index (χ1v) is 9.79. The average molecular weight is 359 g/mol. The summed E-state index contributed by atoms with van der Waals surface area (Å²) in [4.78, 5) is 28.7.